The van der Waals surface area contributed by atoms with E-state index in [2.05, 4.69) is 4.98 Å². The van der Waals surface area contributed by atoms with Crippen LogP contribution in [0.1, 0.15) is 13.3 Å². The van der Waals surface area contributed by atoms with Crippen LogP contribution in [0.4, 0.5) is 0 Å². The Labute approximate surface area is 110 Å². The van der Waals surface area contributed by atoms with E-state index >= 15 is 0 Å². The van der Waals surface area contributed by atoms with Gasteiger partial charge in [0.25, 0.3) is 0 Å². The van der Waals surface area contributed by atoms with Crippen LogP contribution in [0.3, 0.4) is 0 Å². The van der Waals surface area contributed by atoms with Gasteiger partial charge in [-0.15, -0.1) is 0 Å². The molecule has 0 aromatic carbocycles. The first kappa shape index (κ1) is 13.8. The fourth-order valence-electron chi connectivity index (χ4n) is 0.973. The topological polar surface area (TPSA) is 31.4 Å². The summed E-state index contributed by atoms with van der Waals surface area (Å²) in [6.07, 6.45) is 0.978. The number of pyridine rings is 1. The quantitative estimate of drug-likeness (QED) is 0.587. The van der Waals surface area contributed by atoms with E-state index < -0.39 is 0 Å². The van der Waals surface area contributed by atoms with Crippen LogP contribution >= 0.6 is 34.8 Å². The number of halogens is 3. The highest BCUT2D eigenvalue weighted by molar-refractivity contribution is 6.42. The highest BCUT2D eigenvalue weighted by Gasteiger charge is 2.08. The van der Waals surface area contributed by atoms with Crippen molar-refractivity contribution < 1.29 is 9.47 Å². The summed E-state index contributed by atoms with van der Waals surface area (Å²) in [5, 5.41) is 0.821. The highest BCUT2D eigenvalue weighted by atomic mass is 35.5. The van der Waals surface area contributed by atoms with Crippen LogP contribution in [-0.4, -0.2) is 24.8 Å². The first-order valence-electron chi connectivity index (χ1n) is 4.87. The fourth-order valence-corrected chi connectivity index (χ4v) is 1.52. The van der Waals surface area contributed by atoms with Crippen molar-refractivity contribution in [1.82, 2.24) is 4.98 Å². The van der Waals surface area contributed by atoms with Crippen molar-refractivity contribution in [3.8, 4) is 5.88 Å². The fraction of sp³-hybridized carbons (Fsp3) is 0.500. The van der Waals surface area contributed by atoms with Crippen LogP contribution in [0.5, 0.6) is 5.88 Å². The second-order valence-corrected chi connectivity index (χ2v) is 4.18. The van der Waals surface area contributed by atoms with Gasteiger partial charge in [0, 0.05) is 6.61 Å². The highest BCUT2D eigenvalue weighted by Crippen LogP contribution is 2.30. The molecular formula is C10H12Cl3NO2. The van der Waals surface area contributed by atoms with Gasteiger partial charge in [0.2, 0.25) is 5.88 Å². The largest absolute Gasteiger partial charge is 0.474 e. The first-order chi connectivity index (χ1) is 7.65. The molecule has 1 rings (SSSR count). The molecule has 0 spiro atoms. The smallest absolute Gasteiger partial charge is 0.234 e. The minimum Gasteiger partial charge on any atom is -0.474 e. The number of hydrogen-bond donors (Lipinski definition) is 0. The van der Waals surface area contributed by atoms with Gasteiger partial charge < -0.3 is 9.47 Å². The van der Waals surface area contributed by atoms with E-state index in [9.17, 15) is 0 Å². The summed E-state index contributed by atoms with van der Waals surface area (Å²) in [7, 11) is 0. The number of ether oxygens (including phenoxy) is 2. The lowest BCUT2D eigenvalue weighted by Crippen LogP contribution is -2.08. The molecule has 1 aromatic heterocycles. The van der Waals surface area contributed by atoms with Crippen molar-refractivity contribution in [3.05, 3.63) is 21.3 Å². The van der Waals surface area contributed by atoms with Crippen molar-refractivity contribution in [1.29, 1.82) is 0 Å². The molecule has 1 aromatic rings. The molecule has 16 heavy (non-hydrogen) atoms. The van der Waals surface area contributed by atoms with Gasteiger partial charge in [0.05, 0.1) is 11.6 Å². The third kappa shape index (κ3) is 4.34. The molecule has 0 saturated carbocycles. The average molecular weight is 285 g/mol. The first-order valence-corrected chi connectivity index (χ1v) is 6.00. The zero-order valence-corrected chi connectivity index (χ0v) is 11.1. The zero-order chi connectivity index (χ0) is 12.0. The Hall–Kier alpha value is -0.220. The van der Waals surface area contributed by atoms with E-state index in [1.54, 1.807) is 0 Å². The number of nitrogens with zero attached hydrogens (tertiary/aromatic N) is 1. The third-order valence-electron chi connectivity index (χ3n) is 1.67. The van der Waals surface area contributed by atoms with Crippen LogP contribution in [0.15, 0.2) is 6.07 Å². The predicted molar refractivity (Wildman–Crippen MR) is 65.9 cm³/mol. The second-order valence-electron chi connectivity index (χ2n) is 3.01. The molecule has 1 heterocycles. The van der Waals surface area contributed by atoms with Crippen molar-refractivity contribution in [2.45, 2.75) is 13.3 Å². The lowest BCUT2D eigenvalue weighted by molar-refractivity contribution is 0.0991. The Morgan fingerprint density at radius 2 is 1.88 bits per heavy atom. The van der Waals surface area contributed by atoms with Crippen molar-refractivity contribution in [2.24, 2.45) is 0 Å². The molecule has 0 radical (unpaired) electrons. The Morgan fingerprint density at radius 1 is 1.12 bits per heavy atom. The van der Waals surface area contributed by atoms with Crippen LogP contribution in [0.25, 0.3) is 0 Å². The molecule has 0 amide bonds. The van der Waals surface area contributed by atoms with Gasteiger partial charge in [0.1, 0.15) is 11.6 Å². The molecule has 3 nitrogen and oxygen atoms in total. The van der Waals surface area contributed by atoms with Crippen LogP contribution in [0, 0.1) is 0 Å². The standard InChI is InChI=1S/C10H12Cl3NO2/c1-2-3-15-4-5-16-10-8(12)6-7(11)9(13)14-10/h6H,2-5H2,1H3. The average Bonchev–Trinajstić information content (AvgIpc) is 2.25. The lowest BCUT2D eigenvalue weighted by atomic mass is 10.5. The summed E-state index contributed by atoms with van der Waals surface area (Å²) in [5.74, 6) is 0.274. The van der Waals surface area contributed by atoms with Gasteiger partial charge in [-0.2, -0.15) is 4.98 Å². The molecule has 6 heteroatoms. The molecule has 0 bridgehead atoms. The maximum absolute atomic E-state index is 5.87. The summed E-state index contributed by atoms with van der Waals surface area (Å²) >= 11 is 17.3. The summed E-state index contributed by atoms with van der Waals surface area (Å²) in [6, 6.07) is 1.50. The molecule has 0 aliphatic heterocycles. The van der Waals surface area contributed by atoms with E-state index in [0.717, 1.165) is 6.42 Å². The second kappa shape index (κ2) is 7.17. The van der Waals surface area contributed by atoms with E-state index in [4.69, 9.17) is 44.3 Å². The Balaban J connectivity index is 2.45. The molecule has 0 fully saturated rings. The SMILES string of the molecule is CCCOCCOc1nc(Cl)c(Cl)cc1Cl. The predicted octanol–water partition coefficient (Wildman–Crippen LogP) is 3.85. The molecule has 90 valence electrons. The molecule has 0 N–H and O–H groups in total. The van der Waals surface area contributed by atoms with Gasteiger partial charge in [-0.25, -0.2) is 0 Å². The van der Waals surface area contributed by atoms with Crippen molar-refractivity contribution in [3.63, 3.8) is 0 Å². The van der Waals surface area contributed by atoms with Crippen LogP contribution in [-0.2, 0) is 4.74 Å². The monoisotopic (exact) mass is 283 g/mol. The van der Waals surface area contributed by atoms with E-state index in [-0.39, 0.29) is 11.0 Å². The van der Waals surface area contributed by atoms with Gasteiger partial charge in [-0.3, -0.25) is 0 Å². The van der Waals surface area contributed by atoms with Gasteiger partial charge in [-0.1, -0.05) is 41.7 Å². The van der Waals surface area contributed by atoms with Gasteiger partial charge >= 0.3 is 0 Å². The summed E-state index contributed by atoms with van der Waals surface area (Å²) in [5.41, 5.74) is 0. The van der Waals surface area contributed by atoms with Crippen molar-refractivity contribution in [2.75, 3.05) is 19.8 Å². The molecule has 0 unspecified atom stereocenters. The number of rotatable bonds is 6. The minimum atomic E-state index is 0.176. The Kier molecular flexibility index (Phi) is 6.21. The van der Waals surface area contributed by atoms with Crippen LogP contribution in [0.2, 0.25) is 15.2 Å². The van der Waals surface area contributed by atoms with Gasteiger partial charge in [-0.05, 0) is 12.5 Å². The van der Waals surface area contributed by atoms with Crippen LogP contribution < -0.4 is 4.74 Å². The number of hydrogen-bond acceptors (Lipinski definition) is 3. The molecule has 0 aliphatic carbocycles. The van der Waals surface area contributed by atoms with Crippen molar-refractivity contribution >= 4 is 34.8 Å². The minimum absolute atomic E-state index is 0.176. The molecule has 0 aliphatic rings. The summed E-state index contributed by atoms with van der Waals surface area (Å²) in [6.45, 7) is 3.63. The maximum atomic E-state index is 5.87. The Bertz CT molecular complexity index is 347. The summed E-state index contributed by atoms with van der Waals surface area (Å²) < 4.78 is 10.6. The number of aromatic nitrogens is 1. The Morgan fingerprint density at radius 3 is 2.56 bits per heavy atom. The zero-order valence-electron chi connectivity index (χ0n) is 8.80. The van der Waals surface area contributed by atoms with E-state index in [0.29, 0.717) is 29.9 Å². The summed E-state index contributed by atoms with van der Waals surface area (Å²) in [4.78, 5) is 3.91. The third-order valence-corrected chi connectivity index (χ3v) is 2.61. The molecular weight excluding hydrogens is 272 g/mol. The van der Waals surface area contributed by atoms with Gasteiger partial charge in [0.15, 0.2) is 5.15 Å². The van der Waals surface area contributed by atoms with E-state index in [1.165, 1.54) is 6.07 Å². The maximum Gasteiger partial charge on any atom is 0.234 e. The molecule has 0 atom stereocenters. The lowest BCUT2D eigenvalue weighted by Gasteiger charge is -2.08. The normalized spacial score (nSPS) is 10.5. The molecule has 0 saturated heterocycles. The van der Waals surface area contributed by atoms with E-state index in [1.807, 2.05) is 6.92 Å².